The molecule has 0 atom stereocenters. The van der Waals surface area contributed by atoms with E-state index in [0.717, 1.165) is 11.3 Å². The molecule has 0 unspecified atom stereocenters. The van der Waals surface area contributed by atoms with E-state index in [9.17, 15) is 4.39 Å². The summed E-state index contributed by atoms with van der Waals surface area (Å²) in [5, 5.41) is 3.82. The van der Waals surface area contributed by atoms with Crippen LogP contribution < -0.4 is 0 Å². The minimum atomic E-state index is -0.215. The van der Waals surface area contributed by atoms with Gasteiger partial charge in [0.2, 0.25) is 0 Å². The molecule has 0 radical (unpaired) electrons. The van der Waals surface area contributed by atoms with Gasteiger partial charge in [0.1, 0.15) is 5.82 Å². The van der Waals surface area contributed by atoms with Gasteiger partial charge in [-0.25, -0.2) is 4.39 Å². The molecule has 0 saturated carbocycles. The average molecular weight is 223 g/mol. The first-order valence-electron chi connectivity index (χ1n) is 4.53. The summed E-state index contributed by atoms with van der Waals surface area (Å²) in [6, 6.07) is 6.64. The van der Waals surface area contributed by atoms with Gasteiger partial charge in [0.05, 0.1) is 5.69 Å². The lowest BCUT2D eigenvalue weighted by atomic mass is 10.1. The lowest BCUT2D eigenvalue weighted by Crippen LogP contribution is -1.82. The van der Waals surface area contributed by atoms with Gasteiger partial charge in [-0.1, -0.05) is 5.16 Å². The molecule has 2 rings (SSSR count). The van der Waals surface area contributed by atoms with Crippen LogP contribution in [-0.4, -0.2) is 5.16 Å². The van der Waals surface area contributed by atoms with Gasteiger partial charge in [-0.2, -0.15) is 12.6 Å². The Labute approximate surface area is 92.5 Å². The zero-order chi connectivity index (χ0) is 10.8. The van der Waals surface area contributed by atoms with Crippen LogP contribution in [-0.2, 0) is 5.75 Å². The maximum absolute atomic E-state index is 13.0. The molecule has 1 aromatic heterocycles. The first-order valence-corrected chi connectivity index (χ1v) is 5.17. The zero-order valence-electron chi connectivity index (χ0n) is 8.20. The van der Waals surface area contributed by atoms with Crippen molar-refractivity contribution in [2.24, 2.45) is 0 Å². The summed E-state index contributed by atoms with van der Waals surface area (Å²) in [5.74, 6) is 0.957. The van der Waals surface area contributed by atoms with Gasteiger partial charge in [0, 0.05) is 17.4 Å². The van der Waals surface area contributed by atoms with E-state index in [4.69, 9.17) is 4.52 Å². The summed E-state index contributed by atoms with van der Waals surface area (Å²) in [6.45, 7) is 1.72. The molecular formula is C11H10FNOS. The fourth-order valence-corrected chi connectivity index (χ4v) is 1.47. The second-order valence-electron chi connectivity index (χ2n) is 3.30. The largest absolute Gasteiger partial charge is 0.356 e. The predicted octanol–water partition coefficient (Wildman–Crippen LogP) is 3.22. The lowest BCUT2D eigenvalue weighted by Gasteiger charge is -1.98. The van der Waals surface area contributed by atoms with Crippen molar-refractivity contribution in [3.63, 3.8) is 0 Å². The molecular weight excluding hydrogens is 213 g/mol. The number of hydrogen-bond acceptors (Lipinski definition) is 3. The van der Waals surface area contributed by atoms with E-state index in [2.05, 4.69) is 17.8 Å². The first kappa shape index (κ1) is 10.2. The van der Waals surface area contributed by atoms with Crippen LogP contribution in [0.3, 0.4) is 0 Å². The van der Waals surface area contributed by atoms with E-state index in [1.54, 1.807) is 25.1 Å². The molecule has 0 fully saturated rings. The van der Waals surface area contributed by atoms with Crippen LogP contribution in [0.2, 0.25) is 0 Å². The SMILES string of the molecule is Cc1cc(-c2cc(CS)no2)ccc1F. The lowest BCUT2D eigenvalue weighted by molar-refractivity contribution is 0.426. The van der Waals surface area contributed by atoms with Crippen LogP contribution in [0.4, 0.5) is 4.39 Å². The highest BCUT2D eigenvalue weighted by molar-refractivity contribution is 7.79. The van der Waals surface area contributed by atoms with Crippen molar-refractivity contribution in [3.05, 3.63) is 41.3 Å². The number of aromatic nitrogens is 1. The Hall–Kier alpha value is -1.29. The van der Waals surface area contributed by atoms with E-state index < -0.39 is 0 Å². The molecule has 0 bridgehead atoms. The molecule has 0 aliphatic carbocycles. The van der Waals surface area contributed by atoms with E-state index in [1.807, 2.05) is 0 Å². The van der Waals surface area contributed by atoms with Crippen molar-refractivity contribution in [1.82, 2.24) is 5.16 Å². The number of aryl methyl sites for hydroxylation is 1. The average Bonchev–Trinajstić information content (AvgIpc) is 2.70. The second kappa shape index (κ2) is 4.06. The summed E-state index contributed by atoms with van der Waals surface area (Å²) < 4.78 is 18.1. The van der Waals surface area contributed by atoms with Gasteiger partial charge < -0.3 is 4.52 Å². The zero-order valence-corrected chi connectivity index (χ0v) is 9.09. The van der Waals surface area contributed by atoms with Gasteiger partial charge in [-0.15, -0.1) is 0 Å². The number of rotatable bonds is 2. The number of hydrogen-bond donors (Lipinski definition) is 1. The molecule has 0 amide bonds. The Bertz CT molecular complexity index is 481. The standard InChI is InChI=1S/C11H10FNOS/c1-7-4-8(2-3-10(7)12)11-5-9(6-15)13-14-11/h2-5,15H,6H2,1H3. The highest BCUT2D eigenvalue weighted by atomic mass is 32.1. The maximum atomic E-state index is 13.0. The molecule has 15 heavy (non-hydrogen) atoms. The Morgan fingerprint density at radius 1 is 1.40 bits per heavy atom. The van der Waals surface area contributed by atoms with E-state index in [0.29, 0.717) is 17.1 Å². The van der Waals surface area contributed by atoms with Crippen LogP contribution in [0.1, 0.15) is 11.3 Å². The third-order valence-corrected chi connectivity index (χ3v) is 2.49. The van der Waals surface area contributed by atoms with E-state index >= 15 is 0 Å². The normalized spacial score (nSPS) is 10.6. The number of halogens is 1. The third kappa shape index (κ3) is 2.04. The smallest absolute Gasteiger partial charge is 0.167 e. The molecule has 78 valence electrons. The molecule has 1 heterocycles. The Balaban J connectivity index is 2.40. The molecule has 2 aromatic rings. The third-order valence-electron chi connectivity index (χ3n) is 2.16. The summed E-state index contributed by atoms with van der Waals surface area (Å²) in [7, 11) is 0. The second-order valence-corrected chi connectivity index (χ2v) is 3.62. The van der Waals surface area contributed by atoms with Crippen molar-refractivity contribution in [2.45, 2.75) is 12.7 Å². The van der Waals surface area contributed by atoms with Crippen molar-refractivity contribution in [3.8, 4) is 11.3 Å². The minimum Gasteiger partial charge on any atom is -0.356 e. The summed E-state index contributed by atoms with van der Waals surface area (Å²) >= 11 is 4.09. The maximum Gasteiger partial charge on any atom is 0.167 e. The molecule has 1 aromatic carbocycles. The van der Waals surface area contributed by atoms with Crippen LogP contribution in [0.5, 0.6) is 0 Å². The minimum absolute atomic E-state index is 0.215. The number of thiol groups is 1. The van der Waals surface area contributed by atoms with Gasteiger partial charge in [0.25, 0.3) is 0 Å². The molecule has 0 N–H and O–H groups in total. The fourth-order valence-electron chi connectivity index (χ4n) is 1.32. The van der Waals surface area contributed by atoms with E-state index in [1.165, 1.54) is 6.07 Å². The highest BCUT2D eigenvalue weighted by Crippen LogP contribution is 2.22. The molecule has 4 heteroatoms. The molecule has 0 aliphatic heterocycles. The van der Waals surface area contributed by atoms with Gasteiger partial charge in [0.15, 0.2) is 5.76 Å². The van der Waals surface area contributed by atoms with Crippen LogP contribution in [0, 0.1) is 12.7 Å². The van der Waals surface area contributed by atoms with Gasteiger partial charge in [-0.05, 0) is 30.7 Å². The predicted molar refractivity (Wildman–Crippen MR) is 59.3 cm³/mol. The van der Waals surface area contributed by atoms with Crippen molar-refractivity contribution >= 4 is 12.6 Å². The molecule has 0 spiro atoms. The van der Waals surface area contributed by atoms with Crippen LogP contribution in [0.15, 0.2) is 28.8 Å². The fraction of sp³-hybridized carbons (Fsp3) is 0.182. The number of benzene rings is 1. The molecule has 2 nitrogen and oxygen atoms in total. The van der Waals surface area contributed by atoms with Gasteiger partial charge >= 0.3 is 0 Å². The Kier molecular flexibility index (Phi) is 2.77. The quantitative estimate of drug-likeness (QED) is 0.791. The van der Waals surface area contributed by atoms with E-state index in [-0.39, 0.29) is 5.82 Å². The highest BCUT2D eigenvalue weighted by Gasteiger charge is 2.07. The first-order chi connectivity index (χ1) is 7.20. The van der Waals surface area contributed by atoms with Gasteiger partial charge in [-0.3, -0.25) is 0 Å². The Morgan fingerprint density at radius 3 is 2.80 bits per heavy atom. The Morgan fingerprint density at radius 2 is 2.20 bits per heavy atom. The van der Waals surface area contributed by atoms with Crippen molar-refractivity contribution in [2.75, 3.05) is 0 Å². The monoisotopic (exact) mass is 223 g/mol. The van der Waals surface area contributed by atoms with Crippen molar-refractivity contribution < 1.29 is 8.91 Å². The van der Waals surface area contributed by atoms with Crippen LogP contribution >= 0.6 is 12.6 Å². The molecule has 0 aliphatic rings. The van der Waals surface area contributed by atoms with Crippen LogP contribution in [0.25, 0.3) is 11.3 Å². The van der Waals surface area contributed by atoms with Crippen molar-refractivity contribution in [1.29, 1.82) is 0 Å². The summed E-state index contributed by atoms with van der Waals surface area (Å²) in [6.07, 6.45) is 0. The summed E-state index contributed by atoms with van der Waals surface area (Å²) in [4.78, 5) is 0. The topological polar surface area (TPSA) is 26.0 Å². The molecule has 0 saturated heterocycles. The summed E-state index contributed by atoms with van der Waals surface area (Å²) in [5.41, 5.74) is 2.20. The number of nitrogens with zero attached hydrogens (tertiary/aromatic N) is 1.